The van der Waals surface area contributed by atoms with Gasteiger partial charge in [0, 0.05) is 15.1 Å². The van der Waals surface area contributed by atoms with Gasteiger partial charge in [-0.1, -0.05) is 57.9 Å². The van der Waals surface area contributed by atoms with Gasteiger partial charge in [-0.25, -0.2) is 0 Å². The van der Waals surface area contributed by atoms with E-state index in [1.165, 1.54) is 11.1 Å². The highest BCUT2D eigenvalue weighted by Crippen LogP contribution is 2.14. The summed E-state index contributed by atoms with van der Waals surface area (Å²) in [7, 11) is 0. The lowest BCUT2D eigenvalue weighted by atomic mass is 10.1. The number of piperazine rings is 1. The van der Waals surface area contributed by atoms with E-state index in [9.17, 15) is 0 Å². The van der Waals surface area contributed by atoms with Crippen LogP contribution in [0.3, 0.4) is 0 Å². The smallest absolute Gasteiger partial charge is 0.104 e. The molecular weight excluding hydrogens is 386 g/mol. The Bertz CT molecular complexity index is 707. The van der Waals surface area contributed by atoms with Gasteiger partial charge in [-0.15, -0.1) is 0 Å². The van der Waals surface area contributed by atoms with Crippen LogP contribution in [0.5, 0.6) is 0 Å². The zero-order valence-corrected chi connectivity index (χ0v) is 16.1. The van der Waals surface area contributed by atoms with E-state index < -0.39 is 0 Å². The Balaban J connectivity index is 1.56. The Kier molecular flexibility index (Phi) is 5.93. The first-order valence-corrected chi connectivity index (χ1v) is 9.42. The molecule has 3 rings (SSSR count). The SMILES string of the molecule is C/C(=N/N1CC[NH+](Cc2ccccc2Cl)CC1)c1ccc(Br)cc1. The molecule has 1 aliphatic rings. The molecule has 0 saturated carbocycles. The molecule has 0 amide bonds. The minimum atomic E-state index is 0.872. The van der Waals surface area contributed by atoms with E-state index >= 15 is 0 Å². The summed E-state index contributed by atoms with van der Waals surface area (Å²) < 4.78 is 1.09. The Hall–Kier alpha value is -1.36. The molecule has 5 heteroatoms. The van der Waals surface area contributed by atoms with E-state index in [4.69, 9.17) is 16.7 Å². The van der Waals surface area contributed by atoms with Gasteiger partial charge in [0.05, 0.1) is 31.9 Å². The van der Waals surface area contributed by atoms with Crippen LogP contribution in [0, 0.1) is 0 Å². The first-order valence-electron chi connectivity index (χ1n) is 8.25. The van der Waals surface area contributed by atoms with Gasteiger partial charge in [-0.05, 0) is 30.7 Å². The Morgan fingerprint density at radius 3 is 2.46 bits per heavy atom. The molecule has 0 aliphatic carbocycles. The Labute approximate surface area is 157 Å². The molecule has 2 aromatic carbocycles. The maximum absolute atomic E-state index is 6.27. The molecule has 0 bridgehead atoms. The van der Waals surface area contributed by atoms with Gasteiger partial charge in [0.15, 0.2) is 0 Å². The van der Waals surface area contributed by atoms with Gasteiger partial charge in [0.25, 0.3) is 0 Å². The standard InChI is InChI=1S/C19H21BrClN3/c1-15(16-6-8-18(20)9-7-16)22-24-12-10-23(11-13-24)14-17-4-2-3-5-19(17)21/h2-9H,10-14H2,1H3/p+1/b22-15-. The third-order valence-corrected chi connectivity index (χ3v) is 5.30. The van der Waals surface area contributed by atoms with Crippen molar-refractivity contribution in [2.45, 2.75) is 13.5 Å². The summed E-state index contributed by atoms with van der Waals surface area (Å²) in [5.74, 6) is 0. The summed E-state index contributed by atoms with van der Waals surface area (Å²) in [6.45, 7) is 7.20. The number of quaternary nitrogens is 1. The fourth-order valence-electron chi connectivity index (χ4n) is 2.96. The number of benzene rings is 2. The molecule has 1 heterocycles. The molecule has 0 aromatic heterocycles. The lowest BCUT2D eigenvalue weighted by molar-refractivity contribution is -0.918. The third kappa shape index (κ3) is 4.59. The molecule has 1 N–H and O–H groups in total. The third-order valence-electron chi connectivity index (χ3n) is 4.40. The van der Waals surface area contributed by atoms with E-state index in [-0.39, 0.29) is 0 Å². The van der Waals surface area contributed by atoms with E-state index in [1.807, 2.05) is 12.1 Å². The highest BCUT2D eigenvalue weighted by Gasteiger charge is 2.20. The van der Waals surface area contributed by atoms with Crippen LogP contribution in [0.25, 0.3) is 0 Å². The quantitative estimate of drug-likeness (QED) is 0.772. The van der Waals surface area contributed by atoms with Crippen molar-refractivity contribution < 1.29 is 4.90 Å². The molecule has 3 nitrogen and oxygen atoms in total. The van der Waals surface area contributed by atoms with Crippen LogP contribution in [0.1, 0.15) is 18.1 Å². The van der Waals surface area contributed by atoms with Crippen molar-refractivity contribution in [1.29, 1.82) is 0 Å². The van der Waals surface area contributed by atoms with Gasteiger partial charge in [0.2, 0.25) is 0 Å². The number of nitrogens with one attached hydrogen (secondary N) is 1. The number of halogens is 2. The second-order valence-corrected chi connectivity index (χ2v) is 7.49. The first-order chi connectivity index (χ1) is 11.6. The van der Waals surface area contributed by atoms with Crippen molar-refractivity contribution >= 4 is 33.2 Å². The fraction of sp³-hybridized carbons (Fsp3) is 0.316. The molecule has 0 atom stereocenters. The molecular formula is C19H22BrClN3+. The normalized spacial score (nSPS) is 16.5. The molecule has 0 spiro atoms. The summed E-state index contributed by atoms with van der Waals surface area (Å²) >= 11 is 9.74. The van der Waals surface area contributed by atoms with Crippen molar-refractivity contribution in [3.63, 3.8) is 0 Å². The van der Waals surface area contributed by atoms with Crippen LogP contribution in [0.15, 0.2) is 58.1 Å². The van der Waals surface area contributed by atoms with Crippen molar-refractivity contribution in [3.8, 4) is 0 Å². The molecule has 0 radical (unpaired) electrons. The zero-order chi connectivity index (χ0) is 16.9. The maximum Gasteiger partial charge on any atom is 0.104 e. The minimum absolute atomic E-state index is 0.872. The number of hydrazone groups is 1. The largest absolute Gasteiger partial charge is 0.328 e. The number of rotatable bonds is 4. The van der Waals surface area contributed by atoms with Crippen LogP contribution in [-0.2, 0) is 6.54 Å². The minimum Gasteiger partial charge on any atom is -0.328 e. The predicted octanol–water partition coefficient (Wildman–Crippen LogP) is 3.23. The monoisotopic (exact) mass is 406 g/mol. The van der Waals surface area contributed by atoms with Crippen LogP contribution < -0.4 is 4.90 Å². The molecule has 1 saturated heterocycles. The molecule has 126 valence electrons. The second-order valence-electron chi connectivity index (χ2n) is 6.16. The van der Waals surface area contributed by atoms with Crippen LogP contribution >= 0.6 is 27.5 Å². The molecule has 24 heavy (non-hydrogen) atoms. The average Bonchev–Trinajstić information content (AvgIpc) is 2.59. The highest BCUT2D eigenvalue weighted by molar-refractivity contribution is 9.10. The van der Waals surface area contributed by atoms with Crippen molar-refractivity contribution in [2.24, 2.45) is 5.10 Å². The lowest BCUT2D eigenvalue weighted by Gasteiger charge is -2.31. The summed E-state index contributed by atoms with van der Waals surface area (Å²) in [6.07, 6.45) is 0. The summed E-state index contributed by atoms with van der Waals surface area (Å²) in [4.78, 5) is 1.57. The van der Waals surface area contributed by atoms with E-state index in [1.54, 1.807) is 4.90 Å². The maximum atomic E-state index is 6.27. The van der Waals surface area contributed by atoms with Crippen LogP contribution in [0.4, 0.5) is 0 Å². The lowest BCUT2D eigenvalue weighted by Crippen LogP contribution is -3.13. The molecule has 0 unspecified atom stereocenters. The number of nitrogens with zero attached hydrogens (tertiary/aromatic N) is 2. The second kappa shape index (κ2) is 8.15. The van der Waals surface area contributed by atoms with Gasteiger partial charge < -0.3 is 4.90 Å². The summed E-state index contributed by atoms with van der Waals surface area (Å²) in [6, 6.07) is 16.4. The number of hydrogen-bond acceptors (Lipinski definition) is 2. The van der Waals surface area contributed by atoms with Gasteiger partial charge in [-0.2, -0.15) is 5.10 Å². The predicted molar refractivity (Wildman–Crippen MR) is 104 cm³/mol. The van der Waals surface area contributed by atoms with Gasteiger partial charge >= 0.3 is 0 Å². The topological polar surface area (TPSA) is 20.0 Å². The van der Waals surface area contributed by atoms with Crippen LogP contribution in [0.2, 0.25) is 5.02 Å². The zero-order valence-electron chi connectivity index (χ0n) is 13.8. The number of hydrogen-bond donors (Lipinski definition) is 1. The van der Waals surface area contributed by atoms with Gasteiger partial charge in [-0.3, -0.25) is 5.01 Å². The molecule has 1 fully saturated rings. The van der Waals surface area contributed by atoms with Crippen molar-refractivity contribution in [2.75, 3.05) is 26.2 Å². The van der Waals surface area contributed by atoms with Gasteiger partial charge in [0.1, 0.15) is 6.54 Å². The Morgan fingerprint density at radius 2 is 1.79 bits per heavy atom. The summed E-state index contributed by atoms with van der Waals surface area (Å²) in [5.41, 5.74) is 3.47. The molecule has 2 aromatic rings. The fourth-order valence-corrected chi connectivity index (χ4v) is 3.43. The van der Waals surface area contributed by atoms with E-state index in [0.717, 1.165) is 47.9 Å². The van der Waals surface area contributed by atoms with E-state index in [2.05, 4.69) is 64.3 Å². The molecule has 1 aliphatic heterocycles. The Morgan fingerprint density at radius 1 is 1.12 bits per heavy atom. The highest BCUT2D eigenvalue weighted by atomic mass is 79.9. The first kappa shape index (κ1) is 17.5. The van der Waals surface area contributed by atoms with Crippen molar-refractivity contribution in [1.82, 2.24) is 5.01 Å². The summed E-state index contributed by atoms with van der Waals surface area (Å²) in [5, 5.41) is 7.85. The average molecular weight is 408 g/mol. The van der Waals surface area contributed by atoms with Crippen LogP contribution in [-0.4, -0.2) is 36.9 Å². The van der Waals surface area contributed by atoms with Crippen molar-refractivity contribution in [3.05, 3.63) is 69.2 Å². The van der Waals surface area contributed by atoms with E-state index in [0.29, 0.717) is 0 Å².